The summed E-state index contributed by atoms with van der Waals surface area (Å²) in [6.07, 6.45) is 1.72. The van der Waals surface area contributed by atoms with Gasteiger partial charge in [0.1, 0.15) is 12.4 Å². The van der Waals surface area contributed by atoms with Crippen molar-refractivity contribution in [2.75, 3.05) is 0 Å². The Hall–Kier alpha value is -3.90. The minimum atomic E-state index is -1.10. The monoisotopic (exact) mass is 628 g/mol. The van der Waals surface area contributed by atoms with Crippen LogP contribution in [0.15, 0.2) is 73.4 Å². The van der Waals surface area contributed by atoms with Crippen molar-refractivity contribution in [3.63, 3.8) is 0 Å². The average molecular weight is 630 g/mol. The summed E-state index contributed by atoms with van der Waals surface area (Å²) in [4.78, 5) is 40.2. The quantitative estimate of drug-likeness (QED) is 0.153. The van der Waals surface area contributed by atoms with Crippen molar-refractivity contribution in [2.45, 2.75) is 20.0 Å². The first-order valence-electron chi connectivity index (χ1n) is 10.9. The van der Waals surface area contributed by atoms with Crippen LogP contribution in [0.2, 0.25) is 0 Å². The zero-order chi connectivity index (χ0) is 26.7. The van der Waals surface area contributed by atoms with Crippen LogP contribution in [0.5, 0.6) is 5.75 Å². The lowest BCUT2D eigenvalue weighted by atomic mass is 10.1. The number of halogens is 2. The van der Waals surface area contributed by atoms with Gasteiger partial charge in [0.15, 0.2) is 0 Å². The molecule has 1 aromatic heterocycles. The molecule has 0 aliphatic rings. The number of nitro benzene ring substituents is 1. The van der Waals surface area contributed by atoms with Gasteiger partial charge in [0.05, 0.1) is 27.6 Å². The summed E-state index contributed by atoms with van der Waals surface area (Å²) in [5.41, 5.74) is 0.621. The highest BCUT2D eigenvalue weighted by Crippen LogP contribution is 2.34. The first kappa shape index (κ1) is 26.2. The topological polar surface area (TPSA) is 137 Å². The number of aromatic nitrogens is 2. The van der Waals surface area contributed by atoms with Gasteiger partial charge in [-0.25, -0.2) is 9.78 Å². The number of carbonyl (C=O) groups is 1. The maximum Gasteiger partial charge on any atom is 0.335 e. The van der Waals surface area contributed by atoms with E-state index in [4.69, 9.17) is 4.74 Å². The van der Waals surface area contributed by atoms with E-state index in [0.717, 1.165) is 4.68 Å². The standard InChI is InChI=1S/C25H18Br2N4O6/c1-2-22-29-20-7-6-17(26)10-19(20)24(32)30(22)28-12-16-9-18(27)11-21(31(35)36)23(16)37-13-14-4-3-5-15(8-14)25(33)34/h3-12H,2,13H2,1H3,(H,33,34). The highest BCUT2D eigenvalue weighted by atomic mass is 79.9. The van der Waals surface area contributed by atoms with Crippen LogP contribution in [-0.2, 0) is 13.0 Å². The third-order valence-corrected chi connectivity index (χ3v) is 6.27. The lowest BCUT2D eigenvalue weighted by Crippen LogP contribution is -2.22. The van der Waals surface area contributed by atoms with Crippen LogP contribution in [0.1, 0.15) is 34.2 Å². The van der Waals surface area contributed by atoms with Gasteiger partial charge < -0.3 is 9.84 Å². The zero-order valence-electron chi connectivity index (χ0n) is 19.2. The number of hydrogen-bond acceptors (Lipinski definition) is 7. The molecule has 1 N–H and O–H groups in total. The maximum atomic E-state index is 13.2. The number of nitro groups is 1. The fourth-order valence-corrected chi connectivity index (χ4v) is 4.43. The Labute approximate surface area is 226 Å². The first-order valence-corrected chi connectivity index (χ1v) is 12.4. The second-order valence-electron chi connectivity index (χ2n) is 7.80. The van der Waals surface area contributed by atoms with E-state index in [1.807, 2.05) is 6.92 Å². The molecule has 0 radical (unpaired) electrons. The van der Waals surface area contributed by atoms with Gasteiger partial charge in [0.25, 0.3) is 5.56 Å². The van der Waals surface area contributed by atoms with E-state index in [2.05, 4.69) is 41.9 Å². The van der Waals surface area contributed by atoms with E-state index in [1.165, 1.54) is 24.4 Å². The number of aryl methyl sites for hydroxylation is 1. The van der Waals surface area contributed by atoms with Crippen molar-refractivity contribution in [1.29, 1.82) is 0 Å². The van der Waals surface area contributed by atoms with Crippen LogP contribution in [0.3, 0.4) is 0 Å². The summed E-state index contributed by atoms with van der Waals surface area (Å²) in [5, 5.41) is 25.7. The SMILES string of the molecule is CCc1nc2ccc(Br)cc2c(=O)n1N=Cc1cc(Br)cc([N+](=O)[O-])c1OCc1cccc(C(=O)O)c1. The number of fused-ring (bicyclic) bond motifs is 1. The Kier molecular flexibility index (Phi) is 7.79. The van der Waals surface area contributed by atoms with E-state index in [0.29, 0.717) is 37.7 Å². The molecule has 0 saturated heterocycles. The number of carboxylic acids is 1. The molecule has 4 aromatic rings. The summed E-state index contributed by atoms with van der Waals surface area (Å²) in [7, 11) is 0. The number of rotatable bonds is 8. The van der Waals surface area contributed by atoms with Gasteiger partial charge in [-0.1, -0.05) is 50.9 Å². The van der Waals surface area contributed by atoms with Gasteiger partial charge in [0, 0.05) is 27.0 Å². The second kappa shape index (κ2) is 11.0. The molecule has 0 amide bonds. The van der Waals surface area contributed by atoms with Gasteiger partial charge in [-0.05, 0) is 42.0 Å². The number of hydrogen-bond donors (Lipinski definition) is 1. The Bertz CT molecular complexity index is 1630. The Morgan fingerprint density at radius 2 is 1.97 bits per heavy atom. The third kappa shape index (κ3) is 5.75. The van der Waals surface area contributed by atoms with Gasteiger partial charge in [-0.15, -0.1) is 0 Å². The lowest BCUT2D eigenvalue weighted by molar-refractivity contribution is -0.386. The molecule has 0 spiro atoms. The van der Waals surface area contributed by atoms with Crippen molar-refractivity contribution in [1.82, 2.24) is 9.66 Å². The van der Waals surface area contributed by atoms with Crippen LogP contribution in [0.4, 0.5) is 5.69 Å². The molecule has 188 valence electrons. The molecule has 3 aromatic carbocycles. The molecular weight excluding hydrogens is 612 g/mol. The van der Waals surface area contributed by atoms with Gasteiger partial charge in [0.2, 0.25) is 5.75 Å². The molecule has 0 aliphatic heterocycles. The number of benzene rings is 3. The number of aromatic carboxylic acids is 1. The largest absolute Gasteiger partial charge is 0.481 e. The van der Waals surface area contributed by atoms with Gasteiger partial charge in [-0.3, -0.25) is 14.9 Å². The molecule has 0 bridgehead atoms. The Balaban J connectivity index is 1.79. The summed E-state index contributed by atoms with van der Waals surface area (Å²) >= 11 is 6.63. The lowest BCUT2D eigenvalue weighted by Gasteiger charge is -2.12. The van der Waals surface area contributed by atoms with Gasteiger partial charge in [-0.2, -0.15) is 9.78 Å². The van der Waals surface area contributed by atoms with Crippen molar-refractivity contribution >= 4 is 60.6 Å². The van der Waals surface area contributed by atoms with E-state index in [1.54, 1.807) is 36.4 Å². The second-order valence-corrected chi connectivity index (χ2v) is 9.63. The average Bonchev–Trinajstić information content (AvgIpc) is 2.87. The first-order chi connectivity index (χ1) is 17.7. The fraction of sp³-hybridized carbons (Fsp3) is 0.120. The minimum absolute atomic E-state index is 0.0649. The van der Waals surface area contributed by atoms with E-state index in [-0.39, 0.29) is 29.2 Å². The Morgan fingerprint density at radius 1 is 1.19 bits per heavy atom. The van der Waals surface area contributed by atoms with Crippen molar-refractivity contribution < 1.29 is 19.6 Å². The number of nitrogens with zero attached hydrogens (tertiary/aromatic N) is 4. The molecule has 37 heavy (non-hydrogen) atoms. The molecule has 0 atom stereocenters. The molecule has 0 aliphatic carbocycles. The number of ether oxygens (including phenoxy) is 1. The summed E-state index contributed by atoms with van der Waals surface area (Å²) in [6, 6.07) is 14.1. The van der Waals surface area contributed by atoms with Crippen LogP contribution in [0, 0.1) is 10.1 Å². The summed E-state index contributed by atoms with van der Waals surface area (Å²) in [5.74, 6) is -0.772. The molecule has 0 fully saturated rings. The minimum Gasteiger partial charge on any atom is -0.481 e. The van der Waals surface area contributed by atoms with E-state index in [9.17, 15) is 24.8 Å². The van der Waals surface area contributed by atoms with Crippen LogP contribution < -0.4 is 10.3 Å². The molecular formula is C25H18Br2N4O6. The summed E-state index contributed by atoms with van der Waals surface area (Å²) in [6.45, 7) is 1.71. The molecule has 10 nitrogen and oxygen atoms in total. The highest BCUT2D eigenvalue weighted by Gasteiger charge is 2.21. The van der Waals surface area contributed by atoms with Crippen molar-refractivity contribution in [3.05, 3.63) is 107 Å². The molecule has 12 heteroatoms. The number of carboxylic acid groups (broad SMARTS) is 1. The van der Waals surface area contributed by atoms with E-state index < -0.39 is 16.5 Å². The van der Waals surface area contributed by atoms with Gasteiger partial charge >= 0.3 is 11.7 Å². The highest BCUT2D eigenvalue weighted by molar-refractivity contribution is 9.10. The van der Waals surface area contributed by atoms with Crippen LogP contribution in [0.25, 0.3) is 10.9 Å². The predicted molar refractivity (Wildman–Crippen MR) is 145 cm³/mol. The van der Waals surface area contributed by atoms with Crippen LogP contribution >= 0.6 is 31.9 Å². The van der Waals surface area contributed by atoms with E-state index >= 15 is 0 Å². The van der Waals surface area contributed by atoms with Crippen molar-refractivity contribution in [2.24, 2.45) is 5.10 Å². The molecule has 4 rings (SSSR count). The Morgan fingerprint density at radius 3 is 2.68 bits per heavy atom. The molecule has 0 saturated carbocycles. The van der Waals surface area contributed by atoms with Crippen LogP contribution in [-0.4, -0.2) is 31.9 Å². The molecule has 0 unspecified atom stereocenters. The normalized spacial score (nSPS) is 11.2. The smallest absolute Gasteiger partial charge is 0.335 e. The van der Waals surface area contributed by atoms with Crippen molar-refractivity contribution in [3.8, 4) is 5.75 Å². The maximum absolute atomic E-state index is 13.2. The predicted octanol–water partition coefficient (Wildman–Crippen LogP) is 5.55. The zero-order valence-corrected chi connectivity index (χ0v) is 22.4. The fourth-order valence-electron chi connectivity index (χ4n) is 3.60. The summed E-state index contributed by atoms with van der Waals surface area (Å²) < 4.78 is 8.08. The molecule has 1 heterocycles. The third-order valence-electron chi connectivity index (χ3n) is 5.32.